The molecule has 2 rings (SSSR count). The molecule has 0 aromatic carbocycles. The second-order valence-electron chi connectivity index (χ2n) is 4.48. The van der Waals surface area contributed by atoms with Crippen LogP contribution in [0.3, 0.4) is 0 Å². The number of morpholine rings is 1. The molecular weight excluding hydrogens is 256 g/mol. The summed E-state index contributed by atoms with van der Waals surface area (Å²) in [6, 6.07) is 0.0614. The zero-order chi connectivity index (χ0) is 13.0. The van der Waals surface area contributed by atoms with Crippen molar-refractivity contribution in [2.45, 2.75) is 25.0 Å². The fraction of sp³-hybridized carbons (Fsp3) is 0.818. The first-order valence-electron chi connectivity index (χ1n) is 6.14. The molecule has 2 aliphatic rings. The number of nitrogens with zero attached hydrogens (tertiary/aromatic N) is 1. The highest BCUT2D eigenvalue weighted by Gasteiger charge is 2.29. The molecule has 1 atom stereocenters. The van der Waals surface area contributed by atoms with Crippen molar-refractivity contribution in [3.05, 3.63) is 0 Å². The van der Waals surface area contributed by atoms with Crippen LogP contribution in [0.4, 0.5) is 4.79 Å². The molecule has 2 heterocycles. The van der Waals surface area contributed by atoms with Crippen LogP contribution in [0.15, 0.2) is 0 Å². The van der Waals surface area contributed by atoms with Gasteiger partial charge in [0.2, 0.25) is 0 Å². The maximum absolute atomic E-state index is 12.0. The summed E-state index contributed by atoms with van der Waals surface area (Å²) in [5.41, 5.74) is 0. The minimum absolute atomic E-state index is 0.128. The van der Waals surface area contributed by atoms with Gasteiger partial charge in [-0.3, -0.25) is 0 Å². The number of carboxylic acids is 1. The molecule has 2 fully saturated rings. The number of thioether (sulfide) groups is 1. The maximum Gasteiger partial charge on any atom is 0.334 e. The van der Waals surface area contributed by atoms with E-state index in [0.717, 1.165) is 24.3 Å². The van der Waals surface area contributed by atoms with Crippen LogP contribution in [0.5, 0.6) is 0 Å². The molecule has 18 heavy (non-hydrogen) atoms. The molecule has 0 saturated carbocycles. The van der Waals surface area contributed by atoms with Gasteiger partial charge in [-0.1, -0.05) is 0 Å². The number of aliphatic carboxylic acids is 1. The number of hydrogen-bond acceptors (Lipinski definition) is 4. The van der Waals surface area contributed by atoms with Crippen molar-refractivity contribution in [1.82, 2.24) is 10.2 Å². The number of urea groups is 1. The Kier molecular flexibility index (Phi) is 4.71. The Morgan fingerprint density at radius 1 is 1.33 bits per heavy atom. The van der Waals surface area contributed by atoms with E-state index in [-0.39, 0.29) is 25.2 Å². The SMILES string of the molecule is O=C(O)C1CN(C(=O)NC2CCSCC2)CCO1. The van der Waals surface area contributed by atoms with Crippen LogP contribution >= 0.6 is 11.8 Å². The molecule has 0 aliphatic carbocycles. The first kappa shape index (κ1) is 13.5. The Bertz CT molecular complexity index is 320. The first-order valence-corrected chi connectivity index (χ1v) is 7.30. The van der Waals surface area contributed by atoms with Crippen LogP contribution in [-0.4, -0.2) is 65.4 Å². The number of amides is 2. The van der Waals surface area contributed by atoms with Crippen LogP contribution in [-0.2, 0) is 9.53 Å². The Hall–Kier alpha value is -0.950. The highest BCUT2D eigenvalue weighted by Crippen LogP contribution is 2.17. The zero-order valence-electron chi connectivity index (χ0n) is 10.1. The van der Waals surface area contributed by atoms with Gasteiger partial charge in [0.25, 0.3) is 0 Å². The Morgan fingerprint density at radius 3 is 2.72 bits per heavy atom. The lowest BCUT2D eigenvalue weighted by atomic mass is 10.1. The highest BCUT2D eigenvalue weighted by molar-refractivity contribution is 7.99. The fourth-order valence-electron chi connectivity index (χ4n) is 2.09. The van der Waals surface area contributed by atoms with E-state index in [1.807, 2.05) is 11.8 Å². The maximum atomic E-state index is 12.0. The zero-order valence-corrected chi connectivity index (χ0v) is 10.9. The van der Waals surface area contributed by atoms with Crippen molar-refractivity contribution in [3.8, 4) is 0 Å². The number of rotatable bonds is 2. The van der Waals surface area contributed by atoms with Crippen LogP contribution in [0, 0.1) is 0 Å². The summed E-state index contributed by atoms with van der Waals surface area (Å²) in [5.74, 6) is 1.14. The Labute approximate surface area is 110 Å². The number of carbonyl (C=O) groups excluding carboxylic acids is 1. The van der Waals surface area contributed by atoms with Gasteiger partial charge in [0.05, 0.1) is 13.2 Å². The average molecular weight is 274 g/mol. The summed E-state index contributed by atoms with van der Waals surface area (Å²) in [6.45, 7) is 0.866. The van der Waals surface area contributed by atoms with E-state index in [1.54, 1.807) is 0 Å². The van der Waals surface area contributed by atoms with Gasteiger partial charge in [0.1, 0.15) is 0 Å². The summed E-state index contributed by atoms with van der Waals surface area (Å²) < 4.78 is 5.09. The molecule has 0 spiro atoms. The standard InChI is InChI=1S/C11H18N2O4S/c14-10(15)9-7-13(3-4-17-9)11(16)12-8-1-5-18-6-2-8/h8-9H,1-7H2,(H,12,16)(H,14,15). The van der Waals surface area contributed by atoms with Crippen molar-refractivity contribution in [1.29, 1.82) is 0 Å². The third kappa shape index (κ3) is 3.52. The van der Waals surface area contributed by atoms with E-state index in [4.69, 9.17) is 9.84 Å². The highest BCUT2D eigenvalue weighted by atomic mass is 32.2. The number of carbonyl (C=O) groups is 2. The van der Waals surface area contributed by atoms with Crippen LogP contribution in [0.2, 0.25) is 0 Å². The van der Waals surface area contributed by atoms with Crippen molar-refractivity contribution < 1.29 is 19.4 Å². The molecule has 102 valence electrons. The Balaban J connectivity index is 1.82. The van der Waals surface area contributed by atoms with E-state index in [2.05, 4.69) is 5.32 Å². The van der Waals surface area contributed by atoms with Crippen molar-refractivity contribution in [3.63, 3.8) is 0 Å². The lowest BCUT2D eigenvalue weighted by molar-refractivity contribution is -0.154. The monoisotopic (exact) mass is 274 g/mol. The fourth-order valence-corrected chi connectivity index (χ4v) is 3.20. The van der Waals surface area contributed by atoms with Gasteiger partial charge in [0, 0.05) is 12.6 Å². The normalized spacial score (nSPS) is 25.8. The molecular formula is C11H18N2O4S. The number of carboxylic acid groups (broad SMARTS) is 1. The minimum Gasteiger partial charge on any atom is -0.479 e. The van der Waals surface area contributed by atoms with Gasteiger partial charge >= 0.3 is 12.0 Å². The smallest absolute Gasteiger partial charge is 0.334 e. The third-order valence-corrected chi connectivity index (χ3v) is 4.23. The third-order valence-electron chi connectivity index (χ3n) is 3.18. The van der Waals surface area contributed by atoms with Gasteiger partial charge in [-0.15, -0.1) is 0 Å². The second kappa shape index (κ2) is 6.29. The van der Waals surface area contributed by atoms with Gasteiger partial charge < -0.3 is 20.1 Å². The molecule has 0 bridgehead atoms. The van der Waals surface area contributed by atoms with E-state index in [9.17, 15) is 9.59 Å². The van der Waals surface area contributed by atoms with E-state index < -0.39 is 12.1 Å². The average Bonchev–Trinajstić information content (AvgIpc) is 2.40. The molecule has 7 heteroatoms. The van der Waals surface area contributed by atoms with E-state index in [1.165, 1.54) is 4.90 Å². The molecule has 2 aliphatic heterocycles. The molecule has 0 aromatic heterocycles. The number of nitrogens with one attached hydrogen (secondary N) is 1. The molecule has 0 aromatic rings. The lowest BCUT2D eigenvalue weighted by Crippen LogP contribution is -2.53. The van der Waals surface area contributed by atoms with Crippen molar-refractivity contribution >= 4 is 23.8 Å². The first-order chi connectivity index (χ1) is 8.66. The molecule has 2 N–H and O–H groups in total. The van der Waals surface area contributed by atoms with Crippen LogP contribution in [0.1, 0.15) is 12.8 Å². The summed E-state index contributed by atoms with van der Waals surface area (Å²) >= 11 is 1.90. The number of hydrogen-bond donors (Lipinski definition) is 2. The molecule has 2 amide bonds. The predicted molar refractivity (Wildman–Crippen MR) is 67.8 cm³/mol. The second-order valence-corrected chi connectivity index (χ2v) is 5.70. The molecule has 1 unspecified atom stereocenters. The predicted octanol–water partition coefficient (Wildman–Crippen LogP) is 0.377. The van der Waals surface area contributed by atoms with Crippen molar-refractivity contribution in [2.75, 3.05) is 31.2 Å². The van der Waals surface area contributed by atoms with Gasteiger partial charge in [-0.05, 0) is 24.3 Å². The topological polar surface area (TPSA) is 78.9 Å². The molecule has 2 saturated heterocycles. The van der Waals surface area contributed by atoms with Gasteiger partial charge in [0.15, 0.2) is 6.10 Å². The van der Waals surface area contributed by atoms with E-state index in [0.29, 0.717) is 6.54 Å². The summed E-state index contributed by atoms with van der Waals surface area (Å²) in [5, 5.41) is 11.8. The summed E-state index contributed by atoms with van der Waals surface area (Å²) in [7, 11) is 0. The van der Waals surface area contributed by atoms with Crippen LogP contribution < -0.4 is 5.32 Å². The number of ether oxygens (including phenoxy) is 1. The summed E-state index contributed by atoms with van der Waals surface area (Å²) in [6.07, 6.45) is 1.08. The van der Waals surface area contributed by atoms with Gasteiger partial charge in [-0.25, -0.2) is 9.59 Å². The Morgan fingerprint density at radius 2 is 2.06 bits per heavy atom. The van der Waals surface area contributed by atoms with Gasteiger partial charge in [-0.2, -0.15) is 11.8 Å². The minimum atomic E-state index is -1.01. The van der Waals surface area contributed by atoms with Crippen molar-refractivity contribution in [2.24, 2.45) is 0 Å². The quantitative estimate of drug-likeness (QED) is 0.761. The van der Waals surface area contributed by atoms with E-state index >= 15 is 0 Å². The lowest BCUT2D eigenvalue weighted by Gasteiger charge is -2.33. The molecule has 6 nitrogen and oxygen atoms in total. The summed E-state index contributed by atoms with van der Waals surface area (Å²) in [4.78, 5) is 24.4. The largest absolute Gasteiger partial charge is 0.479 e. The molecule has 0 radical (unpaired) electrons. The van der Waals surface area contributed by atoms with Crippen LogP contribution in [0.25, 0.3) is 0 Å².